The van der Waals surface area contributed by atoms with Gasteiger partial charge in [0.1, 0.15) is 5.56 Å². The molecule has 0 radical (unpaired) electrons. The molecule has 5 nitrogen and oxygen atoms in total. The number of rotatable bonds is 2. The Morgan fingerprint density at radius 1 is 1.31 bits per heavy atom. The lowest BCUT2D eigenvalue weighted by molar-refractivity contribution is -0.216. The second-order valence-electron chi connectivity index (χ2n) is 3.11. The summed E-state index contributed by atoms with van der Waals surface area (Å²) in [5, 5.41) is 0.438. The second kappa shape index (κ2) is 4.16. The van der Waals surface area contributed by atoms with Crippen molar-refractivity contribution in [3.63, 3.8) is 0 Å². The van der Waals surface area contributed by atoms with Crippen molar-refractivity contribution in [3.8, 4) is 0 Å². The minimum atomic E-state index is -0.811. The Labute approximate surface area is 90.5 Å². The van der Waals surface area contributed by atoms with Crippen LogP contribution in [0.15, 0.2) is 35.3 Å². The molecule has 1 aromatic heterocycles. The van der Waals surface area contributed by atoms with Gasteiger partial charge in [-0.3, -0.25) is 9.68 Å². The molecule has 0 fully saturated rings. The number of carbonyl (C=O) groups excluding carboxylic acids is 1. The number of hydrogen-bond donors (Lipinski definition) is 1. The number of para-hydroxylation sites is 1. The van der Waals surface area contributed by atoms with Gasteiger partial charge < -0.3 is 4.98 Å². The molecule has 1 N–H and O–H groups in total. The Hall–Kier alpha value is -2.14. The van der Waals surface area contributed by atoms with Crippen molar-refractivity contribution >= 4 is 16.9 Å². The Morgan fingerprint density at radius 2 is 2.06 bits per heavy atom. The predicted molar refractivity (Wildman–Crippen MR) is 57.0 cm³/mol. The van der Waals surface area contributed by atoms with Crippen LogP contribution in [-0.4, -0.2) is 18.1 Å². The third-order valence-corrected chi connectivity index (χ3v) is 2.17. The quantitative estimate of drug-likeness (QED) is 0.609. The number of nitrogens with one attached hydrogen (secondary N) is 1. The van der Waals surface area contributed by atoms with Crippen LogP contribution in [-0.2, 0) is 9.78 Å². The normalized spacial score (nSPS) is 10.3. The Bertz CT molecular complexity index is 588. The van der Waals surface area contributed by atoms with Gasteiger partial charge in [-0.05, 0) is 12.1 Å². The second-order valence-corrected chi connectivity index (χ2v) is 3.11. The maximum atomic E-state index is 11.9. The van der Waals surface area contributed by atoms with Crippen LogP contribution in [0.25, 0.3) is 10.9 Å². The molecule has 1 aromatic carbocycles. The van der Waals surface area contributed by atoms with Crippen LogP contribution in [0.1, 0.15) is 10.4 Å². The summed E-state index contributed by atoms with van der Waals surface area (Å²) < 4.78 is 0. The van der Waals surface area contributed by atoms with Crippen molar-refractivity contribution in [1.82, 2.24) is 4.98 Å². The van der Waals surface area contributed by atoms with Gasteiger partial charge in [-0.2, -0.15) is 4.89 Å². The van der Waals surface area contributed by atoms with Crippen LogP contribution in [0.3, 0.4) is 0 Å². The Morgan fingerprint density at radius 3 is 2.81 bits per heavy atom. The number of benzene rings is 1. The summed E-state index contributed by atoms with van der Waals surface area (Å²) >= 11 is 0. The molecule has 82 valence electrons. The molecule has 0 saturated carbocycles. The molecule has 0 aliphatic heterocycles. The summed E-state index contributed by atoms with van der Waals surface area (Å²) in [4.78, 5) is 34.6. The molecule has 2 aromatic rings. The van der Waals surface area contributed by atoms with Gasteiger partial charge >= 0.3 is 5.97 Å². The van der Waals surface area contributed by atoms with Gasteiger partial charge in [0.2, 0.25) is 5.43 Å². The van der Waals surface area contributed by atoms with E-state index in [0.717, 1.165) is 0 Å². The lowest BCUT2D eigenvalue weighted by atomic mass is 10.1. The summed E-state index contributed by atoms with van der Waals surface area (Å²) in [6.45, 7) is 0. The molecule has 5 heteroatoms. The number of H-pyrrole nitrogens is 1. The summed E-state index contributed by atoms with van der Waals surface area (Å²) in [5.41, 5.74) is 0.207. The van der Waals surface area contributed by atoms with Gasteiger partial charge in [-0.1, -0.05) is 12.1 Å². The monoisotopic (exact) mass is 219 g/mol. The lowest BCUT2D eigenvalue weighted by Crippen LogP contribution is -2.17. The van der Waals surface area contributed by atoms with Crippen molar-refractivity contribution in [2.45, 2.75) is 0 Å². The molecule has 0 spiro atoms. The maximum absolute atomic E-state index is 11.9. The fourth-order valence-electron chi connectivity index (χ4n) is 1.44. The van der Waals surface area contributed by atoms with E-state index in [2.05, 4.69) is 14.8 Å². The first kappa shape index (κ1) is 10.4. The molecular weight excluding hydrogens is 210 g/mol. The fourth-order valence-corrected chi connectivity index (χ4v) is 1.44. The SMILES string of the molecule is COOC(=O)c1c[nH]c2ccccc2c1=O. The molecule has 0 unspecified atom stereocenters. The van der Waals surface area contributed by atoms with Gasteiger partial charge in [0.15, 0.2) is 0 Å². The van der Waals surface area contributed by atoms with Crippen molar-refractivity contribution < 1.29 is 14.6 Å². The molecule has 16 heavy (non-hydrogen) atoms. The first-order chi connectivity index (χ1) is 7.74. The number of fused-ring (bicyclic) bond motifs is 1. The van der Waals surface area contributed by atoms with Crippen molar-refractivity contribution in [2.24, 2.45) is 0 Å². The van der Waals surface area contributed by atoms with E-state index in [-0.39, 0.29) is 11.0 Å². The number of aromatic nitrogens is 1. The summed E-state index contributed by atoms with van der Waals surface area (Å²) in [6, 6.07) is 6.91. The van der Waals surface area contributed by atoms with Crippen LogP contribution in [0.4, 0.5) is 0 Å². The summed E-state index contributed by atoms with van der Waals surface area (Å²) in [7, 11) is 1.20. The zero-order valence-corrected chi connectivity index (χ0v) is 8.52. The zero-order chi connectivity index (χ0) is 11.5. The maximum Gasteiger partial charge on any atom is 0.378 e. The van der Waals surface area contributed by atoms with Crippen LogP contribution < -0.4 is 5.43 Å². The topological polar surface area (TPSA) is 68.4 Å². The third-order valence-electron chi connectivity index (χ3n) is 2.17. The van der Waals surface area contributed by atoms with E-state index in [9.17, 15) is 9.59 Å². The Kier molecular flexibility index (Phi) is 2.70. The Balaban J connectivity index is 2.61. The molecule has 0 atom stereocenters. The molecule has 0 aliphatic carbocycles. The van der Waals surface area contributed by atoms with Crippen LogP contribution in [0.5, 0.6) is 0 Å². The van der Waals surface area contributed by atoms with Gasteiger partial charge in [0, 0.05) is 17.1 Å². The molecule has 0 aliphatic rings. The van der Waals surface area contributed by atoms with E-state index in [4.69, 9.17) is 0 Å². The highest BCUT2D eigenvalue weighted by Crippen LogP contribution is 2.07. The van der Waals surface area contributed by atoms with E-state index in [1.165, 1.54) is 13.3 Å². The number of hydrogen-bond acceptors (Lipinski definition) is 4. The smallest absolute Gasteiger partial charge is 0.360 e. The van der Waals surface area contributed by atoms with E-state index in [0.29, 0.717) is 10.9 Å². The highest BCUT2D eigenvalue weighted by molar-refractivity contribution is 5.93. The van der Waals surface area contributed by atoms with E-state index < -0.39 is 5.97 Å². The largest absolute Gasteiger partial charge is 0.378 e. The first-order valence-electron chi connectivity index (χ1n) is 4.59. The molecular formula is C11H9NO4. The van der Waals surface area contributed by atoms with Crippen LogP contribution in [0.2, 0.25) is 0 Å². The summed E-state index contributed by atoms with van der Waals surface area (Å²) in [5.74, 6) is -0.811. The molecule has 0 amide bonds. The molecule has 1 heterocycles. The van der Waals surface area contributed by atoms with Crippen LogP contribution in [0, 0.1) is 0 Å². The van der Waals surface area contributed by atoms with E-state index in [1.54, 1.807) is 24.3 Å². The van der Waals surface area contributed by atoms with E-state index in [1.807, 2.05) is 0 Å². The van der Waals surface area contributed by atoms with Crippen molar-refractivity contribution in [3.05, 3.63) is 46.2 Å². The lowest BCUT2D eigenvalue weighted by Gasteiger charge is -2.01. The fraction of sp³-hybridized carbons (Fsp3) is 0.0909. The zero-order valence-electron chi connectivity index (χ0n) is 8.52. The average Bonchev–Trinajstić information content (AvgIpc) is 2.30. The number of carbonyl (C=O) groups is 1. The minimum Gasteiger partial charge on any atom is -0.360 e. The third kappa shape index (κ3) is 1.68. The number of pyridine rings is 1. The summed E-state index contributed by atoms with van der Waals surface area (Å²) in [6.07, 6.45) is 1.31. The highest BCUT2D eigenvalue weighted by Gasteiger charge is 2.14. The highest BCUT2D eigenvalue weighted by atomic mass is 17.2. The predicted octanol–water partition coefficient (Wildman–Crippen LogP) is 1.25. The van der Waals surface area contributed by atoms with Gasteiger partial charge in [-0.25, -0.2) is 4.79 Å². The number of aromatic amines is 1. The molecule has 2 rings (SSSR count). The van der Waals surface area contributed by atoms with Crippen molar-refractivity contribution in [1.29, 1.82) is 0 Å². The van der Waals surface area contributed by atoms with E-state index >= 15 is 0 Å². The van der Waals surface area contributed by atoms with Crippen molar-refractivity contribution in [2.75, 3.05) is 7.11 Å². The van der Waals surface area contributed by atoms with Gasteiger partial charge in [0.05, 0.1) is 7.11 Å². The van der Waals surface area contributed by atoms with Crippen LogP contribution >= 0.6 is 0 Å². The standard InChI is InChI=1S/C11H9NO4/c1-15-16-11(14)8-6-12-9-5-3-2-4-7(9)10(8)13/h2-6H,1H3,(H,12,13). The molecule has 0 bridgehead atoms. The minimum absolute atomic E-state index is 0.0828. The van der Waals surface area contributed by atoms with Gasteiger partial charge in [-0.15, -0.1) is 0 Å². The molecule has 0 saturated heterocycles. The first-order valence-corrected chi connectivity index (χ1v) is 4.59. The average molecular weight is 219 g/mol. The van der Waals surface area contributed by atoms with Gasteiger partial charge in [0.25, 0.3) is 0 Å².